The van der Waals surface area contributed by atoms with Crippen molar-refractivity contribution in [2.45, 2.75) is 56.3 Å². The van der Waals surface area contributed by atoms with Gasteiger partial charge in [-0.25, -0.2) is 0 Å². The lowest BCUT2D eigenvalue weighted by atomic mass is 9.53. The molecule has 5 atom stereocenters. The van der Waals surface area contributed by atoms with Crippen LogP contribution in [0.4, 0.5) is 0 Å². The Hall–Kier alpha value is -2.09. The van der Waals surface area contributed by atoms with Gasteiger partial charge in [-0.1, -0.05) is 18.2 Å². The SMILES string of the molecule is COCOc1ccc2c3c1O[C@H]1C(OCCCCOC(C)=O)C=C[C@H]4[C@@H](C2)N(C)CC[C@]314. The Labute approximate surface area is 189 Å². The second kappa shape index (κ2) is 8.69. The standard InChI is InChI=1S/C25H33NO6/c1-16(27)29-12-4-5-13-30-21-9-7-18-19-14-17-6-8-20(31-15-28-3)23-22(17)25(18,24(21)32-23)10-11-26(19)2/h6-9,18-19,21,24H,4-5,10-15H2,1-3H3/t18-,19+,21?,24-,25-/m0/s1. The van der Waals surface area contributed by atoms with E-state index in [-0.39, 0.29) is 30.4 Å². The van der Waals surface area contributed by atoms with Crippen molar-refractivity contribution >= 4 is 5.97 Å². The van der Waals surface area contributed by atoms with Gasteiger partial charge in [0.15, 0.2) is 18.3 Å². The van der Waals surface area contributed by atoms with Gasteiger partial charge < -0.3 is 28.6 Å². The first-order valence-corrected chi connectivity index (χ1v) is 11.6. The van der Waals surface area contributed by atoms with Crippen molar-refractivity contribution in [3.8, 4) is 11.5 Å². The lowest BCUT2D eigenvalue weighted by molar-refractivity contribution is -0.141. The predicted octanol–water partition coefficient (Wildman–Crippen LogP) is 2.84. The lowest BCUT2D eigenvalue weighted by Gasteiger charge is -2.56. The summed E-state index contributed by atoms with van der Waals surface area (Å²) in [6, 6.07) is 4.71. The second-order valence-corrected chi connectivity index (χ2v) is 9.35. The number of nitrogens with zero attached hydrogens (tertiary/aromatic N) is 1. The van der Waals surface area contributed by atoms with E-state index in [0.717, 1.165) is 43.7 Å². The number of esters is 1. The molecule has 32 heavy (non-hydrogen) atoms. The number of piperidine rings is 1. The van der Waals surface area contributed by atoms with Crippen LogP contribution in [0.3, 0.4) is 0 Å². The van der Waals surface area contributed by atoms with Crippen LogP contribution in [-0.4, -0.2) is 69.8 Å². The summed E-state index contributed by atoms with van der Waals surface area (Å²) in [6.45, 7) is 3.73. The normalized spacial score (nSPS) is 31.7. The third-order valence-electron chi connectivity index (χ3n) is 7.60. The molecule has 2 aliphatic heterocycles. The zero-order valence-electron chi connectivity index (χ0n) is 19.2. The summed E-state index contributed by atoms with van der Waals surface area (Å²) in [6.07, 6.45) is 8.11. The van der Waals surface area contributed by atoms with E-state index in [9.17, 15) is 4.79 Å². The van der Waals surface area contributed by atoms with Crippen molar-refractivity contribution in [3.05, 3.63) is 35.4 Å². The van der Waals surface area contributed by atoms with Gasteiger partial charge in [0.1, 0.15) is 12.2 Å². The molecule has 1 unspecified atom stereocenters. The fourth-order valence-corrected chi connectivity index (χ4v) is 6.23. The van der Waals surface area contributed by atoms with Crippen molar-refractivity contribution in [2.75, 3.05) is 40.7 Å². The maximum absolute atomic E-state index is 10.9. The van der Waals surface area contributed by atoms with Crippen LogP contribution in [0.2, 0.25) is 0 Å². The number of ether oxygens (including phenoxy) is 5. The zero-order valence-corrected chi connectivity index (χ0v) is 19.2. The number of likely N-dealkylation sites (N-methyl/N-ethyl adjacent to an activating group) is 1. The third kappa shape index (κ3) is 3.42. The first-order chi connectivity index (χ1) is 15.6. The topological polar surface area (TPSA) is 66.5 Å². The van der Waals surface area contributed by atoms with E-state index in [2.05, 4.69) is 30.2 Å². The van der Waals surface area contributed by atoms with Gasteiger partial charge in [0.2, 0.25) is 0 Å². The molecule has 1 fully saturated rings. The first-order valence-electron chi connectivity index (χ1n) is 11.6. The Kier molecular flexibility index (Phi) is 5.90. The van der Waals surface area contributed by atoms with E-state index in [0.29, 0.717) is 25.2 Å². The second-order valence-electron chi connectivity index (χ2n) is 9.35. The highest BCUT2D eigenvalue weighted by atomic mass is 16.7. The molecular weight excluding hydrogens is 410 g/mol. The Morgan fingerprint density at radius 2 is 2.09 bits per heavy atom. The van der Waals surface area contributed by atoms with Gasteiger partial charge in [0, 0.05) is 43.6 Å². The Bertz CT molecular complexity index is 901. The largest absolute Gasteiger partial charge is 0.482 e. The summed E-state index contributed by atoms with van der Waals surface area (Å²) in [5.74, 6) is 1.80. The molecular formula is C25H33NO6. The zero-order chi connectivity index (χ0) is 22.3. The average molecular weight is 444 g/mol. The van der Waals surface area contributed by atoms with Gasteiger partial charge in [-0.15, -0.1) is 0 Å². The highest BCUT2D eigenvalue weighted by Gasteiger charge is 2.64. The highest BCUT2D eigenvalue weighted by molar-refractivity contribution is 5.65. The predicted molar refractivity (Wildman–Crippen MR) is 118 cm³/mol. The number of likely N-dealkylation sites (tertiary alicyclic amines) is 1. The third-order valence-corrected chi connectivity index (χ3v) is 7.60. The van der Waals surface area contributed by atoms with Crippen LogP contribution >= 0.6 is 0 Å². The summed E-state index contributed by atoms with van der Waals surface area (Å²) >= 11 is 0. The fourth-order valence-electron chi connectivity index (χ4n) is 6.23. The van der Waals surface area contributed by atoms with Crippen molar-refractivity contribution in [1.82, 2.24) is 4.90 Å². The quantitative estimate of drug-likeness (QED) is 0.252. The van der Waals surface area contributed by atoms with E-state index in [1.807, 2.05) is 6.07 Å². The highest BCUT2D eigenvalue weighted by Crippen LogP contribution is 2.62. The molecule has 0 aromatic heterocycles. The van der Waals surface area contributed by atoms with Gasteiger partial charge in [0.25, 0.3) is 0 Å². The van der Waals surface area contributed by atoms with Crippen molar-refractivity contribution < 1.29 is 28.5 Å². The monoisotopic (exact) mass is 443 g/mol. The number of hydrogen-bond donors (Lipinski definition) is 0. The summed E-state index contributed by atoms with van der Waals surface area (Å²) in [5, 5.41) is 0. The van der Waals surface area contributed by atoms with E-state index in [4.69, 9.17) is 23.7 Å². The summed E-state index contributed by atoms with van der Waals surface area (Å²) in [4.78, 5) is 13.4. The minimum absolute atomic E-state index is 0.0662. The minimum atomic E-state index is -0.236. The smallest absolute Gasteiger partial charge is 0.302 e. The van der Waals surface area contributed by atoms with Gasteiger partial charge in [0.05, 0.1) is 6.61 Å². The lowest BCUT2D eigenvalue weighted by Crippen LogP contribution is -2.65. The molecule has 0 saturated carbocycles. The molecule has 0 radical (unpaired) electrons. The molecule has 0 amide bonds. The molecule has 2 heterocycles. The van der Waals surface area contributed by atoms with Crippen LogP contribution in [0.15, 0.2) is 24.3 Å². The number of hydrogen-bond acceptors (Lipinski definition) is 7. The fraction of sp³-hybridized carbons (Fsp3) is 0.640. The van der Waals surface area contributed by atoms with Crippen LogP contribution in [0.25, 0.3) is 0 Å². The molecule has 7 nitrogen and oxygen atoms in total. The number of benzene rings is 1. The Balaban J connectivity index is 1.41. The van der Waals surface area contributed by atoms with Crippen LogP contribution in [0.1, 0.15) is 37.3 Å². The summed E-state index contributed by atoms with van der Waals surface area (Å²) in [5.41, 5.74) is 2.62. The van der Waals surface area contributed by atoms with E-state index in [1.165, 1.54) is 18.1 Å². The van der Waals surface area contributed by atoms with Gasteiger partial charge in [-0.05, 0) is 50.9 Å². The Morgan fingerprint density at radius 3 is 2.91 bits per heavy atom. The van der Waals surface area contributed by atoms with Crippen molar-refractivity contribution in [1.29, 1.82) is 0 Å². The molecule has 0 N–H and O–H groups in total. The maximum atomic E-state index is 10.9. The van der Waals surface area contributed by atoms with Crippen molar-refractivity contribution in [3.63, 3.8) is 0 Å². The van der Waals surface area contributed by atoms with Gasteiger partial charge in [-0.3, -0.25) is 4.79 Å². The van der Waals surface area contributed by atoms with Gasteiger partial charge >= 0.3 is 5.97 Å². The number of carbonyl (C=O) groups is 1. The molecule has 5 rings (SSSR count). The number of methoxy groups -OCH3 is 1. The number of rotatable bonds is 9. The number of carbonyl (C=O) groups excluding carboxylic acids is 1. The molecule has 4 aliphatic rings. The van der Waals surface area contributed by atoms with Crippen molar-refractivity contribution in [2.24, 2.45) is 5.92 Å². The molecule has 1 aromatic rings. The summed E-state index contributed by atoms with van der Waals surface area (Å²) < 4.78 is 29.1. The molecule has 1 aromatic carbocycles. The molecule has 1 spiro atoms. The molecule has 2 bridgehead atoms. The summed E-state index contributed by atoms with van der Waals surface area (Å²) in [7, 11) is 3.87. The van der Waals surface area contributed by atoms with Gasteiger partial charge in [-0.2, -0.15) is 0 Å². The average Bonchev–Trinajstić information content (AvgIpc) is 3.13. The molecule has 7 heteroatoms. The Morgan fingerprint density at radius 1 is 1.25 bits per heavy atom. The van der Waals surface area contributed by atoms with E-state index in [1.54, 1.807) is 7.11 Å². The van der Waals surface area contributed by atoms with E-state index < -0.39 is 0 Å². The van der Waals surface area contributed by atoms with Crippen LogP contribution in [-0.2, 0) is 30.8 Å². The molecule has 174 valence electrons. The van der Waals surface area contributed by atoms with Crippen LogP contribution < -0.4 is 9.47 Å². The number of unbranched alkanes of at least 4 members (excludes halogenated alkanes) is 1. The van der Waals surface area contributed by atoms with Crippen LogP contribution in [0, 0.1) is 5.92 Å². The first kappa shape index (κ1) is 21.7. The van der Waals surface area contributed by atoms with Crippen LogP contribution in [0.5, 0.6) is 11.5 Å². The molecule has 1 saturated heterocycles. The minimum Gasteiger partial charge on any atom is -0.482 e. The molecule has 2 aliphatic carbocycles. The van der Waals surface area contributed by atoms with E-state index >= 15 is 0 Å². The maximum Gasteiger partial charge on any atom is 0.302 e.